The zero-order valence-electron chi connectivity index (χ0n) is 20.0. The minimum Gasteiger partial charge on any atom is -0.379 e. The number of hydrogen-bond acceptors (Lipinski definition) is 8. The molecule has 3 aromatic rings. The second-order valence-electron chi connectivity index (χ2n) is 9.09. The van der Waals surface area contributed by atoms with Crippen LogP contribution < -0.4 is 16.6 Å². The molecule has 1 aliphatic carbocycles. The Kier molecular flexibility index (Phi) is 8.31. The quantitative estimate of drug-likeness (QED) is 0.408. The first-order chi connectivity index (χ1) is 16.4. The minimum atomic E-state index is -0.141. The van der Waals surface area contributed by atoms with Gasteiger partial charge in [0, 0.05) is 48.1 Å². The van der Waals surface area contributed by atoms with E-state index in [4.69, 9.17) is 15.0 Å². The number of nitrogens with zero attached hydrogens (tertiary/aromatic N) is 2. The molecule has 0 atom stereocenters. The molecule has 1 saturated carbocycles. The molecule has 2 aliphatic rings. The van der Waals surface area contributed by atoms with Gasteiger partial charge in [0.15, 0.2) is 0 Å². The Bertz CT molecular complexity index is 1140. The van der Waals surface area contributed by atoms with Gasteiger partial charge in [-0.15, -0.1) is 12.6 Å². The van der Waals surface area contributed by atoms with Gasteiger partial charge in [0.2, 0.25) is 0 Å². The highest BCUT2D eigenvalue weighted by Gasteiger charge is 2.15. The fourth-order valence-corrected chi connectivity index (χ4v) is 4.92. The van der Waals surface area contributed by atoms with Gasteiger partial charge in [0.1, 0.15) is 11.4 Å². The summed E-state index contributed by atoms with van der Waals surface area (Å²) in [5, 5.41) is 8.16. The van der Waals surface area contributed by atoms with Crippen molar-refractivity contribution in [3.63, 3.8) is 0 Å². The first-order valence-electron chi connectivity index (χ1n) is 12.0. The number of H-pyrrole nitrogens is 1. The zero-order chi connectivity index (χ0) is 24.1. The number of rotatable bonds is 5. The number of aryl methyl sites for hydroxylation is 2. The van der Waals surface area contributed by atoms with E-state index >= 15 is 0 Å². The van der Waals surface area contributed by atoms with Gasteiger partial charge in [-0.3, -0.25) is 9.69 Å². The van der Waals surface area contributed by atoms with E-state index < -0.39 is 0 Å². The van der Waals surface area contributed by atoms with E-state index in [-0.39, 0.29) is 5.56 Å². The maximum absolute atomic E-state index is 12.6. The average molecular weight is 486 g/mol. The Morgan fingerprint density at radius 1 is 1.21 bits per heavy atom. The highest BCUT2D eigenvalue weighted by Crippen LogP contribution is 2.32. The molecule has 5 rings (SSSR count). The third kappa shape index (κ3) is 6.02. The maximum atomic E-state index is 12.6. The van der Waals surface area contributed by atoms with E-state index in [1.54, 1.807) is 0 Å². The minimum absolute atomic E-state index is 0.141. The van der Waals surface area contributed by atoms with Gasteiger partial charge in [0.25, 0.3) is 5.56 Å². The lowest BCUT2D eigenvalue weighted by molar-refractivity contribution is 0.0398. The van der Waals surface area contributed by atoms with Crippen LogP contribution in [0.2, 0.25) is 0 Å². The number of pyridine rings is 1. The van der Waals surface area contributed by atoms with Crippen LogP contribution in [0.1, 0.15) is 37.1 Å². The number of benzene rings is 1. The molecule has 4 N–H and O–H groups in total. The predicted octanol–water partition coefficient (Wildman–Crippen LogP) is 3.72. The summed E-state index contributed by atoms with van der Waals surface area (Å²) in [5.41, 5.74) is 9.37. The molecule has 9 heteroatoms. The van der Waals surface area contributed by atoms with Gasteiger partial charge in [-0.05, 0) is 50.5 Å². The number of anilines is 1. The summed E-state index contributed by atoms with van der Waals surface area (Å²) in [4.78, 5) is 18.6. The summed E-state index contributed by atoms with van der Waals surface area (Å²) in [6.45, 7) is 8.76. The van der Waals surface area contributed by atoms with Gasteiger partial charge in [-0.2, -0.15) is 0 Å². The Balaban J connectivity index is 0.000000398. The first-order valence-corrected chi connectivity index (χ1v) is 12.5. The number of fused-ring (bicyclic) bond motifs is 1. The van der Waals surface area contributed by atoms with Gasteiger partial charge < -0.3 is 25.3 Å². The van der Waals surface area contributed by atoms with Gasteiger partial charge in [0.05, 0.1) is 24.4 Å². The SMILES string of the molecule is Cc1noc(C)c1-c1cc(S)c2cc(NCCN3CCOCC3)c(=O)[nH]c2c1.NC1CCCC1. The molecule has 184 valence electrons. The van der Waals surface area contributed by atoms with Crippen LogP contribution in [0.25, 0.3) is 22.0 Å². The molecule has 0 radical (unpaired) electrons. The van der Waals surface area contributed by atoms with E-state index in [0.29, 0.717) is 18.3 Å². The maximum Gasteiger partial charge on any atom is 0.271 e. The zero-order valence-corrected chi connectivity index (χ0v) is 20.9. The summed E-state index contributed by atoms with van der Waals surface area (Å²) in [6.07, 6.45) is 5.25. The summed E-state index contributed by atoms with van der Waals surface area (Å²) in [5.74, 6) is 0.744. The second-order valence-corrected chi connectivity index (χ2v) is 9.58. The lowest BCUT2D eigenvalue weighted by Gasteiger charge is -2.26. The lowest BCUT2D eigenvalue weighted by atomic mass is 10.0. The van der Waals surface area contributed by atoms with Crippen LogP contribution in [-0.4, -0.2) is 60.5 Å². The molecule has 0 bridgehead atoms. The van der Waals surface area contributed by atoms with Crippen molar-refractivity contribution >= 4 is 29.2 Å². The third-order valence-electron chi connectivity index (χ3n) is 6.51. The van der Waals surface area contributed by atoms with Crippen molar-refractivity contribution in [1.82, 2.24) is 15.0 Å². The fraction of sp³-hybridized carbons (Fsp3) is 0.520. The molecule has 1 aromatic carbocycles. The number of thiol groups is 1. The number of morpholine rings is 1. The van der Waals surface area contributed by atoms with Crippen LogP contribution in [0.3, 0.4) is 0 Å². The van der Waals surface area contributed by atoms with Crippen molar-refractivity contribution < 1.29 is 9.26 Å². The summed E-state index contributed by atoms with van der Waals surface area (Å²) in [7, 11) is 0. The van der Waals surface area contributed by atoms with Crippen molar-refractivity contribution in [3.8, 4) is 11.1 Å². The first kappa shape index (κ1) is 24.8. The van der Waals surface area contributed by atoms with Crippen molar-refractivity contribution in [2.45, 2.75) is 50.5 Å². The predicted molar refractivity (Wildman–Crippen MR) is 139 cm³/mol. The molecule has 0 amide bonds. The van der Waals surface area contributed by atoms with Crippen molar-refractivity contribution in [3.05, 3.63) is 40.0 Å². The Hall–Kier alpha value is -2.33. The van der Waals surface area contributed by atoms with E-state index in [1.807, 2.05) is 32.0 Å². The van der Waals surface area contributed by atoms with Crippen LogP contribution >= 0.6 is 12.6 Å². The van der Waals surface area contributed by atoms with Crippen LogP contribution in [0.15, 0.2) is 32.4 Å². The van der Waals surface area contributed by atoms with Crippen molar-refractivity contribution in [1.29, 1.82) is 0 Å². The highest BCUT2D eigenvalue weighted by molar-refractivity contribution is 7.80. The number of aromatic amines is 1. The topological polar surface area (TPSA) is 109 Å². The van der Waals surface area contributed by atoms with Crippen molar-refractivity contribution in [2.24, 2.45) is 5.73 Å². The fourth-order valence-electron chi connectivity index (χ4n) is 4.59. The third-order valence-corrected chi connectivity index (χ3v) is 6.88. The standard InChI is InChI=1S/C20H24N4O3S.C5H11N/c1-12-19(13(2)27-23-12)14-9-16-15(18(28)10-14)11-17(20(25)22-16)21-3-4-24-5-7-26-8-6-24;6-5-3-1-2-4-5/h9-11,21,28H,3-8H2,1-2H3,(H,22,25);5H,1-4,6H2. The number of nitrogens with two attached hydrogens (primary N) is 1. The van der Waals surface area contributed by atoms with E-state index in [9.17, 15) is 4.79 Å². The highest BCUT2D eigenvalue weighted by atomic mass is 32.1. The number of hydrogen-bond donors (Lipinski definition) is 4. The monoisotopic (exact) mass is 485 g/mol. The molecule has 1 saturated heterocycles. The lowest BCUT2D eigenvalue weighted by Crippen LogP contribution is -2.39. The Morgan fingerprint density at radius 2 is 1.94 bits per heavy atom. The number of aromatic nitrogens is 2. The van der Waals surface area contributed by atoms with Crippen LogP contribution in [0, 0.1) is 13.8 Å². The molecular formula is C25H35N5O3S. The summed E-state index contributed by atoms with van der Waals surface area (Å²) < 4.78 is 10.6. The largest absolute Gasteiger partial charge is 0.379 e. The number of ether oxygens (including phenoxy) is 1. The summed E-state index contributed by atoms with van der Waals surface area (Å²) >= 11 is 4.65. The van der Waals surface area contributed by atoms with Crippen LogP contribution in [0.5, 0.6) is 0 Å². The van der Waals surface area contributed by atoms with E-state index in [1.165, 1.54) is 25.7 Å². The van der Waals surface area contributed by atoms with Gasteiger partial charge in [-0.1, -0.05) is 18.0 Å². The molecule has 2 aromatic heterocycles. The van der Waals surface area contributed by atoms with Crippen LogP contribution in [0.4, 0.5) is 5.69 Å². The van der Waals surface area contributed by atoms with Gasteiger partial charge in [-0.25, -0.2) is 0 Å². The Labute approximate surface area is 205 Å². The van der Waals surface area contributed by atoms with Crippen molar-refractivity contribution in [2.75, 3.05) is 44.7 Å². The molecule has 0 spiro atoms. The van der Waals surface area contributed by atoms with Crippen LogP contribution in [-0.2, 0) is 4.74 Å². The Morgan fingerprint density at radius 3 is 2.56 bits per heavy atom. The molecular weight excluding hydrogens is 450 g/mol. The average Bonchev–Trinajstić information content (AvgIpc) is 3.43. The van der Waals surface area contributed by atoms with E-state index in [2.05, 4.69) is 33.0 Å². The normalized spacial score (nSPS) is 17.1. The van der Waals surface area contributed by atoms with Gasteiger partial charge >= 0.3 is 0 Å². The smallest absolute Gasteiger partial charge is 0.271 e. The molecule has 34 heavy (non-hydrogen) atoms. The molecule has 3 heterocycles. The van der Waals surface area contributed by atoms with E-state index in [0.717, 1.165) is 71.2 Å². The second kappa shape index (κ2) is 11.4. The molecule has 1 aliphatic heterocycles. The summed E-state index contributed by atoms with van der Waals surface area (Å²) in [6, 6.07) is 6.34. The molecule has 2 fully saturated rings. The number of nitrogens with one attached hydrogen (secondary N) is 2. The molecule has 8 nitrogen and oxygen atoms in total. The molecule has 0 unspecified atom stereocenters.